The molecule has 1 aromatic heterocycles. The Morgan fingerprint density at radius 3 is 2.68 bits per heavy atom. The standard InChI is InChI=1S/C11H16N4O3S/c1-17-7(16)5-11(3-4-11)6-19-10-14-8(12)13-9(15-10)18-2/h3-6H2,1-2H3,(H2,12,13,14,15). The first-order valence-corrected chi connectivity index (χ1v) is 6.81. The fourth-order valence-electron chi connectivity index (χ4n) is 1.65. The van der Waals surface area contributed by atoms with Gasteiger partial charge in [0.1, 0.15) is 0 Å². The molecule has 1 heterocycles. The summed E-state index contributed by atoms with van der Waals surface area (Å²) in [5, 5.41) is 0.514. The van der Waals surface area contributed by atoms with Crippen molar-refractivity contribution in [2.45, 2.75) is 24.4 Å². The van der Waals surface area contributed by atoms with E-state index in [1.54, 1.807) is 0 Å². The number of aromatic nitrogens is 3. The zero-order valence-corrected chi connectivity index (χ0v) is 11.7. The van der Waals surface area contributed by atoms with E-state index in [0.717, 1.165) is 18.6 Å². The van der Waals surface area contributed by atoms with E-state index >= 15 is 0 Å². The summed E-state index contributed by atoms with van der Waals surface area (Å²) in [5.41, 5.74) is 5.58. The molecule has 8 heteroatoms. The summed E-state index contributed by atoms with van der Waals surface area (Å²) in [4.78, 5) is 23.3. The molecule has 0 radical (unpaired) electrons. The predicted molar refractivity (Wildman–Crippen MR) is 69.8 cm³/mol. The second kappa shape index (κ2) is 5.60. The molecule has 19 heavy (non-hydrogen) atoms. The third kappa shape index (κ3) is 3.69. The van der Waals surface area contributed by atoms with E-state index in [9.17, 15) is 4.79 Å². The Morgan fingerprint density at radius 2 is 2.11 bits per heavy atom. The Bertz CT molecular complexity index is 479. The average Bonchev–Trinajstić information content (AvgIpc) is 3.16. The van der Waals surface area contributed by atoms with Crippen molar-refractivity contribution in [3.05, 3.63) is 0 Å². The number of esters is 1. The smallest absolute Gasteiger partial charge is 0.321 e. The maximum absolute atomic E-state index is 11.3. The van der Waals surface area contributed by atoms with E-state index in [1.165, 1.54) is 26.0 Å². The van der Waals surface area contributed by atoms with Crippen LogP contribution in [-0.2, 0) is 9.53 Å². The lowest BCUT2D eigenvalue weighted by Crippen LogP contribution is -2.13. The highest BCUT2D eigenvalue weighted by Crippen LogP contribution is 2.51. The first-order chi connectivity index (χ1) is 9.07. The van der Waals surface area contributed by atoms with Crippen molar-refractivity contribution >= 4 is 23.7 Å². The summed E-state index contributed by atoms with van der Waals surface area (Å²) in [6, 6.07) is 0.202. The van der Waals surface area contributed by atoms with Gasteiger partial charge in [0.15, 0.2) is 5.16 Å². The number of methoxy groups -OCH3 is 2. The average molecular weight is 284 g/mol. The molecule has 1 aliphatic carbocycles. The summed E-state index contributed by atoms with van der Waals surface area (Å²) in [6.07, 6.45) is 2.48. The van der Waals surface area contributed by atoms with Crippen molar-refractivity contribution in [2.24, 2.45) is 5.41 Å². The lowest BCUT2D eigenvalue weighted by Gasteiger charge is -2.12. The minimum Gasteiger partial charge on any atom is -0.469 e. The Kier molecular flexibility index (Phi) is 4.08. The van der Waals surface area contributed by atoms with Crippen molar-refractivity contribution in [2.75, 3.05) is 25.7 Å². The Morgan fingerprint density at radius 1 is 1.37 bits per heavy atom. The van der Waals surface area contributed by atoms with Crippen LogP contribution in [0.25, 0.3) is 0 Å². The van der Waals surface area contributed by atoms with Gasteiger partial charge in [0.25, 0.3) is 0 Å². The molecule has 0 aromatic carbocycles. The van der Waals surface area contributed by atoms with E-state index in [-0.39, 0.29) is 23.3 Å². The van der Waals surface area contributed by atoms with Gasteiger partial charge in [-0.25, -0.2) is 0 Å². The van der Waals surface area contributed by atoms with Gasteiger partial charge < -0.3 is 15.2 Å². The molecule has 0 aliphatic heterocycles. The third-order valence-electron chi connectivity index (χ3n) is 3.01. The van der Waals surface area contributed by atoms with Crippen LogP contribution in [0.4, 0.5) is 5.95 Å². The first kappa shape index (κ1) is 13.9. The molecule has 7 nitrogen and oxygen atoms in total. The number of thioether (sulfide) groups is 1. The van der Waals surface area contributed by atoms with Crippen LogP contribution in [0.1, 0.15) is 19.3 Å². The second-order valence-corrected chi connectivity index (χ2v) is 5.45. The SMILES string of the molecule is COC(=O)CC1(CSc2nc(N)nc(OC)n2)CC1. The van der Waals surface area contributed by atoms with Gasteiger partial charge in [-0.3, -0.25) is 4.79 Å². The van der Waals surface area contributed by atoms with Gasteiger partial charge in [-0.1, -0.05) is 11.8 Å². The Hall–Kier alpha value is -1.57. The van der Waals surface area contributed by atoms with Gasteiger partial charge in [-0.15, -0.1) is 0 Å². The first-order valence-electron chi connectivity index (χ1n) is 5.82. The van der Waals surface area contributed by atoms with Gasteiger partial charge in [-0.05, 0) is 18.3 Å². The number of nitrogen functional groups attached to an aromatic ring is 1. The molecule has 0 amide bonds. The molecule has 1 saturated carbocycles. The van der Waals surface area contributed by atoms with Crippen molar-refractivity contribution in [1.29, 1.82) is 0 Å². The van der Waals surface area contributed by atoms with Crippen molar-refractivity contribution in [3.8, 4) is 6.01 Å². The van der Waals surface area contributed by atoms with Crippen molar-refractivity contribution in [1.82, 2.24) is 15.0 Å². The fourth-order valence-corrected chi connectivity index (χ4v) is 2.78. The van der Waals surface area contributed by atoms with Gasteiger partial charge in [0.05, 0.1) is 20.6 Å². The van der Waals surface area contributed by atoms with Gasteiger partial charge >= 0.3 is 12.0 Å². The topological polar surface area (TPSA) is 100 Å². The highest BCUT2D eigenvalue weighted by molar-refractivity contribution is 7.99. The molecule has 2 N–H and O–H groups in total. The monoisotopic (exact) mass is 284 g/mol. The summed E-state index contributed by atoms with van der Waals surface area (Å²) >= 11 is 1.46. The van der Waals surface area contributed by atoms with E-state index in [0.29, 0.717) is 11.6 Å². The molecule has 1 fully saturated rings. The molecule has 2 rings (SSSR count). The van der Waals surface area contributed by atoms with Gasteiger partial charge in [0.2, 0.25) is 5.95 Å². The molecular weight excluding hydrogens is 268 g/mol. The summed E-state index contributed by atoms with van der Waals surface area (Å²) in [5.74, 6) is 0.715. The maximum Gasteiger partial charge on any atom is 0.321 e. The number of carbonyl (C=O) groups excluding carboxylic acids is 1. The predicted octanol–water partition coefficient (Wildman–Crippen LogP) is 0.898. The quantitative estimate of drug-likeness (QED) is 0.607. The highest BCUT2D eigenvalue weighted by Gasteiger charge is 2.44. The Balaban J connectivity index is 1.95. The summed E-state index contributed by atoms with van der Waals surface area (Å²) in [6.45, 7) is 0. The second-order valence-electron chi connectivity index (χ2n) is 4.50. The number of carbonyl (C=O) groups is 1. The third-order valence-corrected chi connectivity index (χ3v) is 4.20. The summed E-state index contributed by atoms with van der Waals surface area (Å²) < 4.78 is 9.64. The number of hydrogen-bond acceptors (Lipinski definition) is 8. The molecule has 1 aliphatic rings. The number of hydrogen-bond donors (Lipinski definition) is 1. The minimum absolute atomic E-state index is 0.0202. The number of nitrogens with two attached hydrogens (primary N) is 1. The maximum atomic E-state index is 11.3. The molecular formula is C11H16N4O3S. The minimum atomic E-state index is -0.175. The zero-order chi connectivity index (χ0) is 13.9. The van der Waals surface area contributed by atoms with Crippen molar-refractivity contribution < 1.29 is 14.3 Å². The van der Waals surface area contributed by atoms with Crippen LogP contribution in [-0.4, -0.2) is 40.9 Å². The normalized spacial score (nSPS) is 15.9. The van der Waals surface area contributed by atoms with E-state index in [2.05, 4.69) is 15.0 Å². The van der Waals surface area contributed by atoms with E-state index in [4.69, 9.17) is 15.2 Å². The lowest BCUT2D eigenvalue weighted by molar-refractivity contribution is -0.141. The molecule has 1 aromatic rings. The van der Waals surface area contributed by atoms with Crippen LogP contribution in [0.15, 0.2) is 5.16 Å². The van der Waals surface area contributed by atoms with Crippen LogP contribution in [0.2, 0.25) is 0 Å². The Labute approximate surface area is 115 Å². The molecule has 0 atom stereocenters. The highest BCUT2D eigenvalue weighted by atomic mass is 32.2. The van der Waals surface area contributed by atoms with Crippen LogP contribution < -0.4 is 10.5 Å². The number of rotatable bonds is 6. The molecule has 0 bridgehead atoms. The van der Waals surface area contributed by atoms with Crippen LogP contribution in [0.3, 0.4) is 0 Å². The van der Waals surface area contributed by atoms with Crippen LogP contribution in [0, 0.1) is 5.41 Å². The van der Waals surface area contributed by atoms with Crippen molar-refractivity contribution in [3.63, 3.8) is 0 Å². The molecule has 104 valence electrons. The van der Waals surface area contributed by atoms with Crippen LogP contribution in [0.5, 0.6) is 6.01 Å². The van der Waals surface area contributed by atoms with Gasteiger partial charge in [0, 0.05) is 5.75 Å². The van der Waals surface area contributed by atoms with Crippen LogP contribution >= 0.6 is 11.8 Å². The van der Waals surface area contributed by atoms with E-state index in [1.807, 2.05) is 0 Å². The largest absolute Gasteiger partial charge is 0.469 e. The number of nitrogens with zero attached hydrogens (tertiary/aromatic N) is 3. The fraction of sp³-hybridized carbons (Fsp3) is 0.636. The summed E-state index contributed by atoms with van der Waals surface area (Å²) in [7, 11) is 2.88. The molecule has 0 saturated heterocycles. The molecule has 0 spiro atoms. The number of ether oxygens (including phenoxy) is 2. The molecule has 0 unspecified atom stereocenters. The van der Waals surface area contributed by atoms with Gasteiger partial charge in [-0.2, -0.15) is 15.0 Å². The zero-order valence-electron chi connectivity index (χ0n) is 10.9. The number of anilines is 1. The van der Waals surface area contributed by atoms with E-state index < -0.39 is 0 Å². The lowest BCUT2D eigenvalue weighted by atomic mass is 10.1.